The summed E-state index contributed by atoms with van der Waals surface area (Å²) in [6, 6.07) is 5.81. The number of aliphatic hydroxyl groups excluding tert-OH is 1. The van der Waals surface area contributed by atoms with Crippen molar-refractivity contribution in [1.82, 2.24) is 10.6 Å². The van der Waals surface area contributed by atoms with Crippen LogP contribution < -0.4 is 21.7 Å². The summed E-state index contributed by atoms with van der Waals surface area (Å²) in [6.45, 7) is 1.22. The van der Waals surface area contributed by atoms with Gasteiger partial charge in [0, 0.05) is 30.9 Å². The first-order chi connectivity index (χ1) is 12.0. The maximum absolute atomic E-state index is 11.9. The molecule has 0 bridgehead atoms. The van der Waals surface area contributed by atoms with Gasteiger partial charge in [-0.3, -0.25) is 15.5 Å². The van der Waals surface area contributed by atoms with Gasteiger partial charge >= 0.3 is 0 Å². The van der Waals surface area contributed by atoms with Crippen molar-refractivity contribution < 1.29 is 9.90 Å². The Morgan fingerprint density at radius 3 is 3.00 bits per heavy atom. The number of amidine groups is 1. The molecular formula is C18H25N5O2. The zero-order valence-electron chi connectivity index (χ0n) is 14.1. The zero-order valence-corrected chi connectivity index (χ0v) is 14.1. The third-order valence-electron chi connectivity index (χ3n) is 4.48. The summed E-state index contributed by atoms with van der Waals surface area (Å²) in [6.07, 6.45) is 4.20. The second-order valence-electron chi connectivity index (χ2n) is 6.58. The van der Waals surface area contributed by atoms with Crippen molar-refractivity contribution in [2.24, 2.45) is 11.7 Å². The molecule has 1 fully saturated rings. The van der Waals surface area contributed by atoms with E-state index < -0.39 is 6.23 Å². The number of amides is 1. The number of anilines is 1. The van der Waals surface area contributed by atoms with E-state index in [9.17, 15) is 9.90 Å². The molecule has 1 aromatic carbocycles. The molecule has 0 saturated heterocycles. The Bertz CT molecular complexity index is 697. The fraction of sp³-hybridized carbons (Fsp3) is 0.444. The molecule has 1 aromatic rings. The van der Waals surface area contributed by atoms with Gasteiger partial charge < -0.3 is 21.5 Å². The molecule has 1 amide bonds. The van der Waals surface area contributed by atoms with Gasteiger partial charge in [0.2, 0.25) is 5.91 Å². The number of nitrogens with one attached hydrogen (secondary N) is 4. The van der Waals surface area contributed by atoms with Crippen LogP contribution in [-0.2, 0) is 11.2 Å². The van der Waals surface area contributed by atoms with E-state index in [1.807, 2.05) is 18.2 Å². The predicted octanol–water partition coefficient (Wildman–Crippen LogP) is 0.971. The van der Waals surface area contributed by atoms with Crippen molar-refractivity contribution in [3.8, 4) is 0 Å². The van der Waals surface area contributed by atoms with E-state index in [0.717, 1.165) is 42.6 Å². The van der Waals surface area contributed by atoms with Gasteiger partial charge in [-0.2, -0.15) is 0 Å². The molecule has 1 aliphatic carbocycles. The summed E-state index contributed by atoms with van der Waals surface area (Å²) in [5.74, 6) is 0.219. The molecule has 1 saturated carbocycles. The van der Waals surface area contributed by atoms with Crippen LogP contribution in [0.25, 0.3) is 0 Å². The number of carbonyl (C=O) groups is 1. The first-order valence-corrected chi connectivity index (χ1v) is 8.66. The van der Waals surface area contributed by atoms with Gasteiger partial charge in [-0.05, 0) is 54.5 Å². The van der Waals surface area contributed by atoms with E-state index in [1.54, 1.807) is 0 Å². The third kappa shape index (κ3) is 4.80. The van der Waals surface area contributed by atoms with Crippen molar-refractivity contribution in [2.75, 3.05) is 18.4 Å². The van der Waals surface area contributed by atoms with Crippen LogP contribution >= 0.6 is 0 Å². The molecule has 1 heterocycles. The van der Waals surface area contributed by atoms with E-state index in [2.05, 4.69) is 16.0 Å². The Morgan fingerprint density at radius 1 is 1.44 bits per heavy atom. The molecule has 0 aromatic heterocycles. The van der Waals surface area contributed by atoms with Crippen LogP contribution in [0.4, 0.5) is 5.69 Å². The predicted molar refractivity (Wildman–Crippen MR) is 97.1 cm³/mol. The van der Waals surface area contributed by atoms with Crippen molar-refractivity contribution in [2.45, 2.75) is 31.9 Å². The van der Waals surface area contributed by atoms with Crippen LogP contribution in [0.3, 0.4) is 0 Å². The van der Waals surface area contributed by atoms with Crippen LogP contribution in [0.15, 0.2) is 30.0 Å². The van der Waals surface area contributed by atoms with E-state index in [-0.39, 0.29) is 18.2 Å². The van der Waals surface area contributed by atoms with Crippen LogP contribution in [0.2, 0.25) is 0 Å². The SMILES string of the molecule is N=C(/C=C(\N)C1CC1)NC(=O)CCNc1ccc2c(c1)CCNC2O. The molecule has 25 heavy (non-hydrogen) atoms. The van der Waals surface area contributed by atoms with Gasteiger partial charge in [0.1, 0.15) is 12.1 Å². The molecule has 2 aliphatic rings. The number of aliphatic hydroxyl groups is 1. The molecule has 3 rings (SSSR count). The number of fused-ring (bicyclic) bond motifs is 1. The van der Waals surface area contributed by atoms with E-state index >= 15 is 0 Å². The van der Waals surface area contributed by atoms with Gasteiger partial charge in [0.05, 0.1) is 0 Å². The summed E-state index contributed by atoms with van der Waals surface area (Å²) in [5.41, 5.74) is 9.45. The third-order valence-corrected chi connectivity index (χ3v) is 4.48. The number of allylic oxidation sites excluding steroid dienone is 1. The average Bonchev–Trinajstić information content (AvgIpc) is 3.39. The Kier molecular flexibility index (Phi) is 5.35. The molecule has 134 valence electrons. The highest BCUT2D eigenvalue weighted by atomic mass is 16.3. The van der Waals surface area contributed by atoms with Gasteiger partial charge in [-0.15, -0.1) is 0 Å². The van der Waals surface area contributed by atoms with Crippen molar-refractivity contribution >= 4 is 17.4 Å². The van der Waals surface area contributed by atoms with Crippen LogP contribution in [0, 0.1) is 11.3 Å². The lowest BCUT2D eigenvalue weighted by Crippen LogP contribution is -2.30. The highest BCUT2D eigenvalue weighted by Gasteiger charge is 2.24. The lowest BCUT2D eigenvalue weighted by atomic mass is 9.99. The quantitative estimate of drug-likeness (QED) is 0.339. The normalized spacial score (nSPS) is 19.9. The van der Waals surface area contributed by atoms with Crippen LogP contribution in [-0.4, -0.2) is 29.9 Å². The zero-order chi connectivity index (χ0) is 17.8. The number of hydrogen-bond donors (Lipinski definition) is 6. The number of nitrogens with two attached hydrogens (primary N) is 1. The fourth-order valence-corrected chi connectivity index (χ4v) is 2.92. The molecule has 1 aliphatic heterocycles. The fourth-order valence-electron chi connectivity index (χ4n) is 2.92. The Balaban J connectivity index is 1.44. The van der Waals surface area contributed by atoms with Crippen molar-refractivity contribution in [3.63, 3.8) is 0 Å². The lowest BCUT2D eigenvalue weighted by molar-refractivity contribution is -0.119. The molecule has 0 radical (unpaired) electrons. The highest BCUT2D eigenvalue weighted by Crippen LogP contribution is 2.33. The van der Waals surface area contributed by atoms with Gasteiger partial charge in [-0.1, -0.05) is 6.07 Å². The molecule has 7 N–H and O–H groups in total. The number of hydrogen-bond acceptors (Lipinski definition) is 6. The van der Waals surface area contributed by atoms with Crippen molar-refractivity contribution in [3.05, 3.63) is 41.1 Å². The first-order valence-electron chi connectivity index (χ1n) is 8.66. The molecule has 1 unspecified atom stereocenters. The Labute approximate surface area is 147 Å². The molecule has 7 nitrogen and oxygen atoms in total. The molecule has 1 atom stereocenters. The van der Waals surface area contributed by atoms with Crippen molar-refractivity contribution in [1.29, 1.82) is 5.41 Å². The highest BCUT2D eigenvalue weighted by molar-refractivity contribution is 6.02. The largest absolute Gasteiger partial charge is 0.402 e. The van der Waals surface area contributed by atoms with Crippen LogP contribution in [0.1, 0.15) is 36.6 Å². The molecule has 0 spiro atoms. The monoisotopic (exact) mass is 343 g/mol. The number of benzene rings is 1. The minimum absolute atomic E-state index is 0.0460. The standard InChI is InChI=1S/C18H25N5O2/c19-15(11-1-2-11)10-16(20)23-17(24)6-8-21-13-3-4-14-12(9-13)5-7-22-18(14)25/h3-4,9-11,18,21-22,25H,1-2,5-8,19H2,(H2,20,23,24)/b15-10-. The van der Waals surface area contributed by atoms with E-state index in [1.165, 1.54) is 6.08 Å². The summed E-state index contributed by atoms with van der Waals surface area (Å²) in [7, 11) is 0. The van der Waals surface area contributed by atoms with E-state index in [0.29, 0.717) is 18.2 Å². The summed E-state index contributed by atoms with van der Waals surface area (Å²) in [5, 5.41) is 26.4. The van der Waals surface area contributed by atoms with Gasteiger partial charge in [0.25, 0.3) is 0 Å². The summed E-state index contributed by atoms with van der Waals surface area (Å²) < 4.78 is 0. The molecular weight excluding hydrogens is 318 g/mol. The summed E-state index contributed by atoms with van der Waals surface area (Å²) in [4.78, 5) is 11.9. The smallest absolute Gasteiger partial charge is 0.227 e. The number of carbonyl (C=O) groups excluding carboxylic acids is 1. The van der Waals surface area contributed by atoms with Gasteiger partial charge in [0.15, 0.2) is 0 Å². The first kappa shape index (κ1) is 17.4. The lowest BCUT2D eigenvalue weighted by Gasteiger charge is -2.23. The Hall–Kier alpha value is -2.38. The average molecular weight is 343 g/mol. The molecule has 7 heteroatoms. The summed E-state index contributed by atoms with van der Waals surface area (Å²) >= 11 is 0. The minimum atomic E-state index is -0.606. The minimum Gasteiger partial charge on any atom is -0.402 e. The maximum atomic E-state index is 11.9. The Morgan fingerprint density at radius 2 is 2.24 bits per heavy atom. The van der Waals surface area contributed by atoms with Crippen LogP contribution in [0.5, 0.6) is 0 Å². The second-order valence-corrected chi connectivity index (χ2v) is 6.58. The maximum Gasteiger partial charge on any atom is 0.227 e. The van der Waals surface area contributed by atoms with E-state index in [4.69, 9.17) is 11.1 Å². The number of rotatable bonds is 6. The van der Waals surface area contributed by atoms with Gasteiger partial charge in [-0.25, -0.2) is 0 Å². The second kappa shape index (κ2) is 7.67. The topological polar surface area (TPSA) is 123 Å².